The van der Waals surface area contributed by atoms with Crippen molar-refractivity contribution in [1.82, 2.24) is 14.7 Å². The molecule has 2 N–H and O–H groups in total. The second kappa shape index (κ2) is 5.68. The van der Waals surface area contributed by atoms with Crippen LogP contribution in [0.25, 0.3) is 0 Å². The first-order chi connectivity index (χ1) is 9.23. The molecule has 4 nitrogen and oxygen atoms in total. The SMILES string of the molecule is CN1CCC(CN)(N2CCC(N3CCCCC3)C2)C1. The molecule has 3 saturated heterocycles. The van der Waals surface area contributed by atoms with Gasteiger partial charge in [-0.15, -0.1) is 0 Å². The Kier molecular flexibility index (Phi) is 4.13. The highest BCUT2D eigenvalue weighted by Gasteiger charge is 2.44. The van der Waals surface area contributed by atoms with Crippen molar-refractivity contribution in [3.63, 3.8) is 0 Å². The van der Waals surface area contributed by atoms with Gasteiger partial charge in [-0.3, -0.25) is 9.80 Å². The largest absolute Gasteiger partial charge is 0.329 e. The number of likely N-dealkylation sites (tertiary alicyclic amines) is 3. The maximum absolute atomic E-state index is 6.15. The van der Waals surface area contributed by atoms with Crippen molar-refractivity contribution in [3.8, 4) is 0 Å². The molecule has 0 spiro atoms. The fraction of sp³-hybridized carbons (Fsp3) is 1.00. The lowest BCUT2D eigenvalue weighted by atomic mass is 9.96. The van der Waals surface area contributed by atoms with Crippen molar-refractivity contribution in [1.29, 1.82) is 0 Å². The molecular weight excluding hydrogens is 236 g/mol. The first-order valence-corrected chi connectivity index (χ1v) is 8.11. The van der Waals surface area contributed by atoms with Crippen LogP contribution in [-0.2, 0) is 0 Å². The van der Waals surface area contributed by atoms with Gasteiger partial charge in [0.15, 0.2) is 0 Å². The Morgan fingerprint density at radius 2 is 1.89 bits per heavy atom. The minimum Gasteiger partial charge on any atom is -0.329 e. The molecule has 0 saturated carbocycles. The van der Waals surface area contributed by atoms with E-state index in [2.05, 4.69) is 21.7 Å². The summed E-state index contributed by atoms with van der Waals surface area (Å²) < 4.78 is 0. The van der Waals surface area contributed by atoms with E-state index in [4.69, 9.17) is 5.73 Å². The predicted octanol–water partition coefficient (Wildman–Crippen LogP) is 0.580. The average Bonchev–Trinajstić information content (AvgIpc) is 3.07. The third-order valence-electron chi connectivity index (χ3n) is 5.64. The van der Waals surface area contributed by atoms with Crippen LogP contribution in [0.3, 0.4) is 0 Å². The molecule has 3 rings (SSSR count). The van der Waals surface area contributed by atoms with Gasteiger partial charge in [-0.1, -0.05) is 6.42 Å². The van der Waals surface area contributed by atoms with Crippen LogP contribution in [0.4, 0.5) is 0 Å². The fourth-order valence-corrected chi connectivity index (χ4v) is 4.37. The highest BCUT2D eigenvalue weighted by molar-refractivity contribution is 5.03. The number of likely N-dealkylation sites (N-methyl/N-ethyl adjacent to an activating group) is 1. The molecule has 0 aromatic carbocycles. The monoisotopic (exact) mass is 266 g/mol. The number of nitrogens with two attached hydrogens (primary N) is 1. The van der Waals surface area contributed by atoms with Crippen LogP contribution in [-0.4, -0.2) is 79.1 Å². The Labute approximate surface area is 117 Å². The second-order valence-corrected chi connectivity index (χ2v) is 6.90. The first kappa shape index (κ1) is 13.8. The number of hydrogen-bond acceptors (Lipinski definition) is 4. The van der Waals surface area contributed by atoms with Gasteiger partial charge in [-0.25, -0.2) is 0 Å². The maximum Gasteiger partial charge on any atom is 0.0471 e. The summed E-state index contributed by atoms with van der Waals surface area (Å²) in [5.41, 5.74) is 6.43. The highest BCUT2D eigenvalue weighted by Crippen LogP contribution is 2.31. The molecule has 3 aliphatic rings. The number of rotatable bonds is 3. The Hall–Kier alpha value is -0.160. The molecule has 110 valence electrons. The van der Waals surface area contributed by atoms with Gasteiger partial charge in [0.1, 0.15) is 0 Å². The van der Waals surface area contributed by atoms with Crippen molar-refractivity contribution >= 4 is 0 Å². The minimum absolute atomic E-state index is 0.277. The Morgan fingerprint density at radius 3 is 2.53 bits per heavy atom. The molecule has 19 heavy (non-hydrogen) atoms. The number of nitrogens with zero attached hydrogens (tertiary/aromatic N) is 3. The van der Waals surface area contributed by atoms with Gasteiger partial charge in [0.2, 0.25) is 0 Å². The lowest BCUT2D eigenvalue weighted by Crippen LogP contribution is -2.55. The van der Waals surface area contributed by atoms with Crippen molar-refractivity contribution < 1.29 is 0 Å². The van der Waals surface area contributed by atoms with E-state index in [0.717, 1.165) is 19.1 Å². The first-order valence-electron chi connectivity index (χ1n) is 8.11. The molecule has 0 aromatic rings. The molecule has 4 heteroatoms. The molecule has 0 aromatic heterocycles. The fourth-order valence-electron chi connectivity index (χ4n) is 4.37. The van der Waals surface area contributed by atoms with Crippen LogP contribution in [0.1, 0.15) is 32.1 Å². The maximum atomic E-state index is 6.15. The van der Waals surface area contributed by atoms with Gasteiger partial charge in [0.05, 0.1) is 0 Å². The van der Waals surface area contributed by atoms with E-state index in [1.165, 1.54) is 64.8 Å². The number of piperidine rings is 1. The third kappa shape index (κ3) is 2.68. The van der Waals surface area contributed by atoms with E-state index in [1.54, 1.807) is 0 Å². The van der Waals surface area contributed by atoms with E-state index in [0.29, 0.717) is 0 Å². The standard InChI is InChI=1S/C15H30N4/c1-17-10-6-15(12-16,13-17)19-9-5-14(11-19)18-7-3-2-4-8-18/h14H,2-13,16H2,1H3. The van der Waals surface area contributed by atoms with Gasteiger partial charge in [-0.2, -0.15) is 0 Å². The molecule has 2 unspecified atom stereocenters. The molecule has 0 radical (unpaired) electrons. The summed E-state index contributed by atoms with van der Waals surface area (Å²) in [4.78, 5) is 7.91. The molecule has 0 aliphatic carbocycles. The van der Waals surface area contributed by atoms with Crippen LogP contribution in [0.2, 0.25) is 0 Å². The van der Waals surface area contributed by atoms with Gasteiger partial charge in [0, 0.05) is 37.8 Å². The van der Waals surface area contributed by atoms with E-state index >= 15 is 0 Å². The zero-order valence-electron chi connectivity index (χ0n) is 12.5. The van der Waals surface area contributed by atoms with Crippen molar-refractivity contribution in [3.05, 3.63) is 0 Å². The molecule has 3 aliphatic heterocycles. The average molecular weight is 266 g/mol. The third-order valence-corrected chi connectivity index (χ3v) is 5.64. The summed E-state index contributed by atoms with van der Waals surface area (Å²) in [7, 11) is 2.23. The van der Waals surface area contributed by atoms with Crippen LogP contribution in [0.5, 0.6) is 0 Å². The molecule has 2 atom stereocenters. The van der Waals surface area contributed by atoms with Crippen molar-refractivity contribution in [2.45, 2.75) is 43.7 Å². The summed E-state index contributed by atoms with van der Waals surface area (Å²) in [5.74, 6) is 0. The molecule has 3 heterocycles. The zero-order chi connectivity index (χ0) is 13.3. The van der Waals surface area contributed by atoms with Gasteiger partial charge in [0.25, 0.3) is 0 Å². The van der Waals surface area contributed by atoms with Crippen LogP contribution in [0, 0.1) is 0 Å². The molecule has 0 bridgehead atoms. The predicted molar refractivity (Wildman–Crippen MR) is 79.3 cm³/mol. The van der Waals surface area contributed by atoms with Crippen LogP contribution < -0.4 is 5.73 Å². The molecular formula is C15H30N4. The van der Waals surface area contributed by atoms with Crippen LogP contribution in [0.15, 0.2) is 0 Å². The molecule has 3 fully saturated rings. The van der Waals surface area contributed by atoms with Crippen molar-refractivity contribution in [2.75, 3.05) is 52.9 Å². The number of hydrogen-bond donors (Lipinski definition) is 1. The van der Waals surface area contributed by atoms with Crippen LogP contribution >= 0.6 is 0 Å². The zero-order valence-corrected chi connectivity index (χ0v) is 12.5. The normalized spacial score (nSPS) is 39.2. The summed E-state index contributed by atoms with van der Waals surface area (Å²) >= 11 is 0. The molecule has 0 amide bonds. The van der Waals surface area contributed by atoms with Crippen molar-refractivity contribution in [2.24, 2.45) is 5.73 Å². The van der Waals surface area contributed by atoms with E-state index in [-0.39, 0.29) is 5.54 Å². The topological polar surface area (TPSA) is 35.7 Å². The van der Waals surface area contributed by atoms with E-state index in [9.17, 15) is 0 Å². The smallest absolute Gasteiger partial charge is 0.0471 e. The second-order valence-electron chi connectivity index (χ2n) is 6.90. The lowest BCUT2D eigenvalue weighted by molar-refractivity contribution is 0.107. The van der Waals surface area contributed by atoms with Gasteiger partial charge >= 0.3 is 0 Å². The summed E-state index contributed by atoms with van der Waals surface area (Å²) in [6, 6.07) is 0.801. The van der Waals surface area contributed by atoms with E-state index < -0.39 is 0 Å². The lowest BCUT2D eigenvalue weighted by Gasteiger charge is -2.39. The summed E-state index contributed by atoms with van der Waals surface area (Å²) in [6.45, 7) is 8.36. The Balaban J connectivity index is 1.61. The van der Waals surface area contributed by atoms with E-state index in [1.807, 2.05) is 0 Å². The van der Waals surface area contributed by atoms with Gasteiger partial charge in [-0.05, 0) is 52.4 Å². The summed E-state index contributed by atoms with van der Waals surface area (Å²) in [5, 5.41) is 0. The quantitative estimate of drug-likeness (QED) is 0.810. The highest BCUT2D eigenvalue weighted by atomic mass is 15.3. The Morgan fingerprint density at radius 1 is 1.11 bits per heavy atom. The Bertz CT molecular complexity index is 303. The summed E-state index contributed by atoms with van der Waals surface area (Å²) in [6.07, 6.45) is 6.85. The van der Waals surface area contributed by atoms with Gasteiger partial charge < -0.3 is 10.6 Å². The minimum atomic E-state index is 0.277.